The zero-order chi connectivity index (χ0) is 10.5. The van der Waals surface area contributed by atoms with Crippen molar-refractivity contribution >= 4 is 13.6 Å². The molecule has 0 aromatic carbocycles. The molecule has 0 radical (unpaired) electrons. The van der Waals surface area contributed by atoms with Gasteiger partial charge in [-0.15, -0.1) is 0 Å². The van der Waals surface area contributed by atoms with Crippen molar-refractivity contribution in [3.05, 3.63) is 11.6 Å². The lowest BCUT2D eigenvalue weighted by Crippen LogP contribution is -2.16. The Labute approximate surface area is 76.6 Å². The quantitative estimate of drug-likeness (QED) is 0.348. The number of allylic oxidation sites excluding steroid dienone is 1. The molecule has 5 nitrogen and oxygen atoms in total. The zero-order valence-corrected chi connectivity index (χ0v) is 8.37. The average Bonchev–Trinajstić information content (AvgIpc) is 1.99. The smallest absolute Gasteiger partial charge is 0.333 e. The minimum atomic E-state index is -4.56. The van der Waals surface area contributed by atoms with E-state index in [0.717, 1.165) is 6.08 Å². The number of rotatable bonds is 4. The molecule has 0 fully saturated rings. The van der Waals surface area contributed by atoms with Gasteiger partial charge in [-0.3, -0.25) is 0 Å². The van der Waals surface area contributed by atoms with Gasteiger partial charge >= 0.3 is 5.97 Å². The maximum absolute atomic E-state index is 10.9. The third-order valence-electron chi connectivity index (χ3n) is 1.22. The average molecular weight is 206 g/mol. The first-order chi connectivity index (χ1) is 5.87. The molecule has 0 aliphatic rings. The van der Waals surface area contributed by atoms with E-state index < -0.39 is 19.7 Å². The number of ether oxygens (including phenoxy) is 1. The molecule has 0 N–H and O–H groups in total. The first-order valence-electron chi connectivity index (χ1n) is 3.71. The third kappa shape index (κ3) is 6.51. The highest BCUT2D eigenvalue weighted by Crippen LogP contribution is 2.22. The maximum atomic E-state index is 10.9. The van der Waals surface area contributed by atoms with Crippen molar-refractivity contribution in [2.24, 2.45) is 0 Å². The van der Waals surface area contributed by atoms with E-state index in [1.54, 1.807) is 6.92 Å². The Balaban J connectivity index is 4.17. The highest BCUT2D eigenvalue weighted by Gasteiger charge is 2.03. The Morgan fingerprint density at radius 3 is 2.46 bits per heavy atom. The van der Waals surface area contributed by atoms with Gasteiger partial charge in [0.05, 0.1) is 6.61 Å². The van der Waals surface area contributed by atoms with E-state index >= 15 is 0 Å². The van der Waals surface area contributed by atoms with Gasteiger partial charge in [-0.05, 0) is 20.0 Å². The molecule has 0 saturated carbocycles. The summed E-state index contributed by atoms with van der Waals surface area (Å²) in [6.07, 6.45) is 0.399. The Morgan fingerprint density at radius 1 is 1.54 bits per heavy atom. The van der Waals surface area contributed by atoms with Crippen molar-refractivity contribution in [2.45, 2.75) is 13.8 Å². The molecule has 0 bridgehead atoms. The van der Waals surface area contributed by atoms with Crippen LogP contribution in [0.2, 0.25) is 0 Å². The lowest BCUT2D eigenvalue weighted by Gasteiger charge is -2.27. The van der Waals surface area contributed by atoms with Crippen LogP contribution in [0, 0.1) is 0 Å². The zero-order valence-electron chi connectivity index (χ0n) is 7.48. The molecule has 0 aliphatic carbocycles. The molecule has 76 valence electrons. The van der Waals surface area contributed by atoms with E-state index in [-0.39, 0.29) is 12.2 Å². The summed E-state index contributed by atoms with van der Waals surface area (Å²) in [5, 5.41) is 0. The fourth-order valence-corrected chi connectivity index (χ4v) is 1.07. The minimum Gasteiger partial charge on any atom is -0.811 e. The van der Waals surface area contributed by atoms with Crippen LogP contribution in [0.5, 0.6) is 0 Å². The summed E-state index contributed by atoms with van der Waals surface area (Å²) in [6, 6.07) is 0. The molecule has 0 heterocycles. The van der Waals surface area contributed by atoms with Crippen molar-refractivity contribution in [2.75, 3.05) is 12.8 Å². The molecule has 13 heavy (non-hydrogen) atoms. The Morgan fingerprint density at radius 2 is 2.08 bits per heavy atom. The fraction of sp³-hybridized carbons (Fsp3) is 0.571. The van der Waals surface area contributed by atoms with Gasteiger partial charge in [0.2, 0.25) is 0 Å². The summed E-state index contributed by atoms with van der Waals surface area (Å²) >= 11 is 0. The maximum Gasteiger partial charge on any atom is 0.333 e. The summed E-state index contributed by atoms with van der Waals surface area (Å²) in [5.41, 5.74) is 0.133. The number of esters is 1. The van der Waals surface area contributed by atoms with E-state index in [2.05, 4.69) is 4.74 Å². The van der Waals surface area contributed by atoms with Crippen LogP contribution >= 0.6 is 7.60 Å². The summed E-state index contributed by atoms with van der Waals surface area (Å²) in [4.78, 5) is 31.3. The summed E-state index contributed by atoms with van der Waals surface area (Å²) < 4.78 is 14.8. The highest BCUT2D eigenvalue weighted by molar-refractivity contribution is 7.48. The van der Waals surface area contributed by atoms with Gasteiger partial charge in [0.25, 0.3) is 0 Å². The first-order valence-corrected chi connectivity index (χ1v) is 5.44. The van der Waals surface area contributed by atoms with Crippen LogP contribution in [0.25, 0.3) is 0 Å². The third-order valence-corrected chi connectivity index (χ3v) is 1.85. The molecular weight excluding hydrogens is 195 g/mol. The molecule has 6 heteroatoms. The van der Waals surface area contributed by atoms with Crippen LogP contribution in [0.1, 0.15) is 13.8 Å². The van der Waals surface area contributed by atoms with Gasteiger partial charge in [0, 0.05) is 5.57 Å². The predicted octanol–water partition coefficient (Wildman–Crippen LogP) is -0.591. The van der Waals surface area contributed by atoms with Crippen molar-refractivity contribution in [3.63, 3.8) is 0 Å². The number of hydrogen-bond donors (Lipinski definition) is 0. The summed E-state index contributed by atoms with van der Waals surface area (Å²) in [5.74, 6) is -0.601. The Kier molecular flexibility index (Phi) is 4.91. The van der Waals surface area contributed by atoms with E-state index in [1.807, 2.05) is 0 Å². The van der Waals surface area contributed by atoms with Crippen LogP contribution in [0.4, 0.5) is 0 Å². The van der Waals surface area contributed by atoms with Gasteiger partial charge in [-0.2, -0.15) is 0 Å². The normalized spacial score (nSPS) is 12.8. The molecule has 0 aromatic heterocycles. The van der Waals surface area contributed by atoms with Crippen LogP contribution in [-0.4, -0.2) is 18.7 Å². The second-order valence-electron chi connectivity index (χ2n) is 2.40. The van der Waals surface area contributed by atoms with Crippen molar-refractivity contribution in [1.29, 1.82) is 0 Å². The van der Waals surface area contributed by atoms with Crippen LogP contribution in [0.15, 0.2) is 11.6 Å². The number of carbonyl (C=O) groups excluding carboxylic acids is 1. The SMILES string of the molecule is CCOC(=O)/C(C)=C/CP(=O)([O-])[O-]. The van der Waals surface area contributed by atoms with E-state index in [9.17, 15) is 19.1 Å². The van der Waals surface area contributed by atoms with E-state index in [4.69, 9.17) is 0 Å². The standard InChI is InChI=1S/C7H13O5P/c1-3-12-7(8)6(2)4-5-13(9,10)11/h4H,3,5H2,1-2H3,(H2,9,10,11)/p-2/b6-4+. The molecular formula is C7H11O5P-2. The lowest BCUT2D eigenvalue weighted by atomic mass is 10.3. The molecule has 0 aliphatic heterocycles. The molecule has 0 aromatic rings. The van der Waals surface area contributed by atoms with E-state index in [0.29, 0.717) is 0 Å². The summed E-state index contributed by atoms with van der Waals surface area (Å²) in [7, 11) is -4.56. The molecule has 0 rings (SSSR count). The lowest BCUT2D eigenvalue weighted by molar-refractivity contribution is -0.312. The van der Waals surface area contributed by atoms with E-state index in [1.165, 1.54) is 6.92 Å². The van der Waals surface area contributed by atoms with Gasteiger partial charge in [-0.25, -0.2) is 4.79 Å². The van der Waals surface area contributed by atoms with Crippen molar-refractivity contribution < 1.29 is 23.9 Å². The second-order valence-corrected chi connectivity index (χ2v) is 3.99. The van der Waals surface area contributed by atoms with Gasteiger partial charge in [0.15, 0.2) is 0 Å². The minimum absolute atomic E-state index is 0.133. The summed E-state index contributed by atoms with van der Waals surface area (Å²) in [6.45, 7) is 3.25. The van der Waals surface area contributed by atoms with Crippen LogP contribution in [-0.2, 0) is 14.1 Å². The topological polar surface area (TPSA) is 89.5 Å². The number of hydrogen-bond acceptors (Lipinski definition) is 5. The van der Waals surface area contributed by atoms with Crippen LogP contribution < -0.4 is 9.79 Å². The molecule has 0 amide bonds. The Bertz CT molecular complexity index is 252. The number of carbonyl (C=O) groups is 1. The molecule has 0 spiro atoms. The predicted molar refractivity (Wildman–Crippen MR) is 42.9 cm³/mol. The molecule has 0 atom stereocenters. The monoisotopic (exact) mass is 206 g/mol. The highest BCUT2D eigenvalue weighted by atomic mass is 31.2. The van der Waals surface area contributed by atoms with Gasteiger partial charge in [0.1, 0.15) is 0 Å². The molecule has 0 unspecified atom stereocenters. The van der Waals surface area contributed by atoms with Crippen LogP contribution in [0.3, 0.4) is 0 Å². The Hall–Kier alpha value is -0.640. The second kappa shape index (κ2) is 5.17. The van der Waals surface area contributed by atoms with Crippen molar-refractivity contribution in [1.82, 2.24) is 0 Å². The van der Waals surface area contributed by atoms with Gasteiger partial charge in [-0.1, -0.05) is 13.7 Å². The van der Waals surface area contributed by atoms with Crippen molar-refractivity contribution in [3.8, 4) is 0 Å². The van der Waals surface area contributed by atoms with Gasteiger partial charge < -0.3 is 19.1 Å². The fourth-order valence-electron chi connectivity index (χ4n) is 0.577. The molecule has 0 saturated heterocycles. The largest absolute Gasteiger partial charge is 0.811 e. The first kappa shape index (κ1) is 12.4.